The third-order valence-electron chi connectivity index (χ3n) is 3.34. The third-order valence-corrected chi connectivity index (χ3v) is 3.34. The summed E-state index contributed by atoms with van der Waals surface area (Å²) in [6.45, 7) is 7.02. The minimum absolute atomic E-state index is 0.852. The number of rotatable bonds is 3. The maximum atomic E-state index is 4.74. The van der Waals surface area contributed by atoms with Gasteiger partial charge in [0.05, 0.1) is 11.2 Å². The molecule has 1 aromatic carbocycles. The number of anilines is 1. The Kier molecular flexibility index (Phi) is 3.06. The number of hydrogen-bond acceptors (Lipinski definition) is 5. The Morgan fingerprint density at radius 2 is 2.10 bits per heavy atom. The number of nitrogens with one attached hydrogen (secondary N) is 1. The van der Waals surface area contributed by atoms with Gasteiger partial charge in [-0.05, 0) is 48.9 Å². The van der Waals surface area contributed by atoms with E-state index in [1.807, 2.05) is 13.0 Å². The summed E-state index contributed by atoms with van der Waals surface area (Å²) in [4.78, 5) is 4.74. The zero-order valence-electron chi connectivity index (χ0n) is 11.8. The van der Waals surface area contributed by atoms with Crippen molar-refractivity contribution in [3.63, 3.8) is 0 Å². The van der Waals surface area contributed by atoms with Gasteiger partial charge in [-0.1, -0.05) is 6.07 Å². The van der Waals surface area contributed by atoms with Gasteiger partial charge in [0.1, 0.15) is 12.1 Å². The number of aromatic nitrogens is 5. The van der Waals surface area contributed by atoms with Gasteiger partial charge >= 0.3 is 0 Å². The van der Waals surface area contributed by atoms with E-state index in [-0.39, 0.29) is 0 Å². The maximum Gasteiger partial charge on any atom is 0.143 e. The van der Waals surface area contributed by atoms with E-state index in [2.05, 4.69) is 46.8 Å². The number of tetrazole rings is 1. The molecule has 6 nitrogen and oxygen atoms in total. The van der Waals surface area contributed by atoms with Crippen molar-refractivity contribution in [3.8, 4) is 5.69 Å². The molecule has 0 aliphatic heterocycles. The second-order valence-corrected chi connectivity index (χ2v) is 4.72. The lowest BCUT2D eigenvalue weighted by Crippen LogP contribution is -2.04. The first-order chi connectivity index (χ1) is 9.70. The zero-order chi connectivity index (χ0) is 14.1. The van der Waals surface area contributed by atoms with Gasteiger partial charge in [0.25, 0.3) is 0 Å². The largest absolute Gasteiger partial charge is 0.370 e. The van der Waals surface area contributed by atoms with Crippen LogP contribution in [0, 0.1) is 13.8 Å². The van der Waals surface area contributed by atoms with Crippen molar-refractivity contribution in [1.29, 1.82) is 0 Å². The molecule has 0 fully saturated rings. The van der Waals surface area contributed by atoms with E-state index in [4.69, 9.17) is 4.98 Å². The monoisotopic (exact) mass is 268 g/mol. The van der Waals surface area contributed by atoms with E-state index in [1.165, 1.54) is 0 Å². The predicted molar refractivity (Wildman–Crippen MR) is 78.1 cm³/mol. The number of hydrogen-bond donors (Lipinski definition) is 1. The van der Waals surface area contributed by atoms with E-state index in [9.17, 15) is 0 Å². The molecule has 0 saturated heterocycles. The number of pyridine rings is 1. The first-order valence-corrected chi connectivity index (χ1v) is 6.59. The Hall–Kier alpha value is -2.50. The third kappa shape index (κ3) is 1.99. The molecule has 0 aliphatic rings. The Bertz CT molecular complexity index is 748. The highest BCUT2D eigenvalue weighted by molar-refractivity contribution is 5.87. The topological polar surface area (TPSA) is 68.5 Å². The molecular weight excluding hydrogens is 252 g/mol. The highest BCUT2D eigenvalue weighted by atomic mass is 15.5. The summed E-state index contributed by atoms with van der Waals surface area (Å²) in [6, 6.07) is 6.22. The molecule has 0 bridgehead atoms. The van der Waals surface area contributed by atoms with E-state index < -0.39 is 0 Å². The van der Waals surface area contributed by atoms with Crippen molar-refractivity contribution in [2.24, 2.45) is 0 Å². The van der Waals surface area contributed by atoms with Gasteiger partial charge in [-0.3, -0.25) is 0 Å². The molecule has 2 heterocycles. The first-order valence-electron chi connectivity index (χ1n) is 6.59. The van der Waals surface area contributed by atoms with Crippen molar-refractivity contribution in [2.75, 3.05) is 11.9 Å². The smallest absolute Gasteiger partial charge is 0.143 e. The van der Waals surface area contributed by atoms with Crippen molar-refractivity contribution in [2.45, 2.75) is 20.8 Å². The van der Waals surface area contributed by atoms with Crippen LogP contribution in [0.2, 0.25) is 0 Å². The standard InChI is InChI=1S/C14H16N6/c1-4-15-14-9(2)7-11-5-6-12(10(3)13(11)17-14)20-8-16-18-19-20/h5-8H,4H2,1-3H3,(H,15,17). The molecule has 6 heteroatoms. The maximum absolute atomic E-state index is 4.74. The van der Waals surface area contributed by atoms with Crippen LogP contribution in [-0.4, -0.2) is 31.7 Å². The SMILES string of the molecule is CCNc1nc2c(C)c(-n3cnnn3)ccc2cc1C. The van der Waals surface area contributed by atoms with Crippen molar-refractivity contribution in [1.82, 2.24) is 25.2 Å². The Morgan fingerprint density at radius 1 is 1.25 bits per heavy atom. The van der Waals surface area contributed by atoms with Gasteiger partial charge in [0.15, 0.2) is 0 Å². The van der Waals surface area contributed by atoms with Gasteiger partial charge in [0, 0.05) is 17.5 Å². The Morgan fingerprint density at radius 3 is 2.80 bits per heavy atom. The summed E-state index contributed by atoms with van der Waals surface area (Å²) in [5.41, 5.74) is 4.13. The molecule has 0 unspecified atom stereocenters. The second-order valence-electron chi connectivity index (χ2n) is 4.72. The lowest BCUT2D eigenvalue weighted by Gasteiger charge is -2.12. The van der Waals surface area contributed by atoms with Crippen molar-refractivity contribution >= 4 is 16.7 Å². The lowest BCUT2D eigenvalue weighted by atomic mass is 10.1. The Labute approximate surface area is 116 Å². The number of fused-ring (bicyclic) bond motifs is 1. The molecule has 20 heavy (non-hydrogen) atoms. The number of nitrogens with zero attached hydrogens (tertiary/aromatic N) is 5. The average Bonchev–Trinajstić information content (AvgIpc) is 2.95. The van der Waals surface area contributed by atoms with Crippen LogP contribution < -0.4 is 5.32 Å². The second kappa shape index (κ2) is 4.88. The van der Waals surface area contributed by atoms with Crippen LogP contribution in [0.25, 0.3) is 16.6 Å². The van der Waals surface area contributed by atoms with Gasteiger partial charge in [-0.2, -0.15) is 0 Å². The minimum atomic E-state index is 0.852. The highest BCUT2D eigenvalue weighted by Gasteiger charge is 2.10. The van der Waals surface area contributed by atoms with Crippen LogP contribution in [0.15, 0.2) is 24.5 Å². The van der Waals surface area contributed by atoms with Crippen molar-refractivity contribution < 1.29 is 0 Å². The quantitative estimate of drug-likeness (QED) is 0.789. The summed E-state index contributed by atoms with van der Waals surface area (Å²) in [6.07, 6.45) is 1.59. The summed E-state index contributed by atoms with van der Waals surface area (Å²) < 4.78 is 1.66. The highest BCUT2D eigenvalue weighted by Crippen LogP contribution is 2.26. The fourth-order valence-electron chi connectivity index (χ4n) is 2.34. The molecule has 1 N–H and O–H groups in total. The molecule has 0 atom stereocenters. The van der Waals surface area contributed by atoms with E-state index >= 15 is 0 Å². The van der Waals surface area contributed by atoms with Crippen LogP contribution in [-0.2, 0) is 0 Å². The van der Waals surface area contributed by atoms with Crippen LogP contribution in [0.5, 0.6) is 0 Å². The summed E-state index contributed by atoms with van der Waals surface area (Å²) in [7, 11) is 0. The van der Waals surface area contributed by atoms with Gasteiger partial charge in [0.2, 0.25) is 0 Å². The molecule has 0 amide bonds. The minimum Gasteiger partial charge on any atom is -0.370 e. The molecule has 2 aromatic heterocycles. The number of benzene rings is 1. The van der Waals surface area contributed by atoms with E-state index in [0.717, 1.165) is 40.1 Å². The molecule has 3 aromatic rings. The first kappa shape index (κ1) is 12.5. The molecule has 3 rings (SSSR count). The summed E-state index contributed by atoms with van der Waals surface area (Å²) in [5.74, 6) is 0.928. The van der Waals surface area contributed by atoms with Crippen LogP contribution in [0.1, 0.15) is 18.1 Å². The molecule has 0 saturated carbocycles. The van der Waals surface area contributed by atoms with Crippen LogP contribution >= 0.6 is 0 Å². The molecular formula is C14H16N6. The summed E-state index contributed by atoms with van der Waals surface area (Å²) >= 11 is 0. The fourth-order valence-corrected chi connectivity index (χ4v) is 2.34. The van der Waals surface area contributed by atoms with E-state index in [0.29, 0.717) is 0 Å². The Balaban J connectivity index is 2.23. The van der Waals surface area contributed by atoms with Crippen molar-refractivity contribution in [3.05, 3.63) is 35.7 Å². The van der Waals surface area contributed by atoms with Gasteiger partial charge in [-0.25, -0.2) is 9.67 Å². The average molecular weight is 268 g/mol. The molecule has 0 spiro atoms. The fraction of sp³-hybridized carbons (Fsp3) is 0.286. The zero-order valence-corrected chi connectivity index (χ0v) is 11.8. The number of aryl methyl sites for hydroxylation is 2. The van der Waals surface area contributed by atoms with E-state index in [1.54, 1.807) is 11.0 Å². The normalized spacial score (nSPS) is 10.9. The van der Waals surface area contributed by atoms with Gasteiger partial charge in [-0.15, -0.1) is 5.10 Å². The summed E-state index contributed by atoms with van der Waals surface area (Å²) in [5, 5.41) is 15.7. The van der Waals surface area contributed by atoms with Gasteiger partial charge < -0.3 is 5.32 Å². The molecule has 102 valence electrons. The van der Waals surface area contributed by atoms with Crippen LogP contribution in [0.3, 0.4) is 0 Å². The lowest BCUT2D eigenvalue weighted by molar-refractivity contribution is 0.786. The predicted octanol–water partition coefficient (Wildman–Crippen LogP) is 2.26. The molecule has 0 aliphatic carbocycles. The molecule has 0 radical (unpaired) electrons. The van der Waals surface area contributed by atoms with Crippen LogP contribution in [0.4, 0.5) is 5.82 Å².